The third kappa shape index (κ3) is 4.40. The Labute approximate surface area is 199 Å². The minimum Gasteiger partial charge on any atom is -0.399 e. The van der Waals surface area contributed by atoms with Gasteiger partial charge in [-0.15, -0.1) is 5.10 Å². The van der Waals surface area contributed by atoms with Gasteiger partial charge in [0.1, 0.15) is 5.69 Å². The van der Waals surface area contributed by atoms with E-state index in [2.05, 4.69) is 30.4 Å². The van der Waals surface area contributed by atoms with Gasteiger partial charge in [-0.25, -0.2) is 4.98 Å². The minimum absolute atomic E-state index is 0.0238. The fourth-order valence-electron chi connectivity index (χ4n) is 4.75. The molecule has 3 aromatic heterocycles. The van der Waals surface area contributed by atoms with Crippen molar-refractivity contribution >= 4 is 34.0 Å². The number of amides is 1. The molecule has 9 nitrogen and oxygen atoms in total. The van der Waals surface area contributed by atoms with Crippen LogP contribution in [0.1, 0.15) is 42.9 Å². The number of hydrogen-bond donors (Lipinski definition) is 2. The number of hydrogen-bond acceptors (Lipinski definition) is 8. The number of aryl methyl sites for hydroxylation is 1. The molecule has 3 aromatic rings. The number of aromatic nitrogens is 4. The zero-order valence-electron chi connectivity index (χ0n) is 19.3. The zero-order chi connectivity index (χ0) is 24.9. The smallest absolute Gasteiger partial charge is 0.399 e. The second-order valence-corrected chi connectivity index (χ2v) is 9.02. The summed E-state index contributed by atoms with van der Waals surface area (Å²) < 4.78 is 39.7. The van der Waals surface area contributed by atoms with Crippen LogP contribution in [0, 0.1) is 6.92 Å². The molecule has 3 N–H and O–H groups in total. The molecule has 2 aliphatic rings. The van der Waals surface area contributed by atoms with Gasteiger partial charge in [-0.3, -0.25) is 9.78 Å². The normalized spacial score (nSPS) is 19.2. The van der Waals surface area contributed by atoms with E-state index < -0.39 is 17.9 Å². The van der Waals surface area contributed by atoms with Crippen LogP contribution in [0.15, 0.2) is 24.4 Å². The van der Waals surface area contributed by atoms with Crippen LogP contribution >= 0.6 is 0 Å². The molecule has 0 aliphatic carbocycles. The summed E-state index contributed by atoms with van der Waals surface area (Å²) in [4.78, 5) is 24.5. The number of carbonyl (C=O) groups is 1. The summed E-state index contributed by atoms with van der Waals surface area (Å²) in [7, 11) is 0. The molecule has 0 spiro atoms. The van der Waals surface area contributed by atoms with Crippen molar-refractivity contribution in [3.63, 3.8) is 0 Å². The average Bonchev–Trinajstić information content (AvgIpc) is 3.19. The average molecular weight is 487 g/mol. The Bertz CT molecular complexity index is 1300. The van der Waals surface area contributed by atoms with E-state index in [9.17, 15) is 18.0 Å². The molecule has 184 valence electrons. The van der Waals surface area contributed by atoms with Crippen LogP contribution < -0.4 is 16.0 Å². The Kier molecular flexibility index (Phi) is 5.60. The monoisotopic (exact) mass is 486 g/mol. The second-order valence-electron chi connectivity index (χ2n) is 9.02. The standard InChI is InChI=1S/C23H25F3N8O/c1-12(18-7-14(27)8-19(30-18)23(24,25)26)29-22-17-9-16(10-28-21(17)13(2)31-32-22)33-5-6-34-15(11-33)3-4-20(34)35/h7-10,12,15H,3-6,11H2,1-2H3,(H2,27,30)(H,29,32)/t12-,15-/m1/s1. The highest BCUT2D eigenvalue weighted by molar-refractivity contribution is 5.92. The van der Waals surface area contributed by atoms with Crippen molar-refractivity contribution < 1.29 is 18.0 Å². The predicted octanol–water partition coefficient (Wildman–Crippen LogP) is 3.31. The first kappa shape index (κ1) is 23.1. The summed E-state index contributed by atoms with van der Waals surface area (Å²) in [6.07, 6.45) is -1.39. The molecule has 0 bridgehead atoms. The van der Waals surface area contributed by atoms with Gasteiger partial charge in [-0.1, -0.05) is 0 Å². The Morgan fingerprint density at radius 2 is 2.00 bits per heavy atom. The van der Waals surface area contributed by atoms with Crippen molar-refractivity contribution in [1.29, 1.82) is 0 Å². The number of nitrogens with one attached hydrogen (secondary N) is 1. The molecule has 0 radical (unpaired) electrons. The number of nitrogens with two attached hydrogens (primary N) is 1. The van der Waals surface area contributed by atoms with Crippen LogP contribution in [0.2, 0.25) is 0 Å². The van der Waals surface area contributed by atoms with E-state index in [1.54, 1.807) is 20.0 Å². The van der Waals surface area contributed by atoms with Crippen LogP contribution in [0.3, 0.4) is 0 Å². The Hall–Kier alpha value is -3.70. The Morgan fingerprint density at radius 1 is 1.20 bits per heavy atom. The van der Waals surface area contributed by atoms with E-state index in [1.165, 1.54) is 6.07 Å². The summed E-state index contributed by atoms with van der Waals surface area (Å²) in [5, 5.41) is 12.3. The van der Waals surface area contributed by atoms with Gasteiger partial charge in [0.05, 0.1) is 34.8 Å². The van der Waals surface area contributed by atoms with Crippen LogP contribution in [-0.2, 0) is 11.0 Å². The maximum absolute atomic E-state index is 13.2. The lowest BCUT2D eigenvalue weighted by Crippen LogP contribution is -2.51. The van der Waals surface area contributed by atoms with Gasteiger partial charge in [-0.2, -0.15) is 18.3 Å². The van der Waals surface area contributed by atoms with Crippen molar-refractivity contribution in [3.8, 4) is 0 Å². The predicted molar refractivity (Wildman–Crippen MR) is 125 cm³/mol. The van der Waals surface area contributed by atoms with Gasteiger partial charge in [0.15, 0.2) is 5.82 Å². The number of anilines is 3. The molecule has 35 heavy (non-hydrogen) atoms. The van der Waals surface area contributed by atoms with E-state index >= 15 is 0 Å². The first-order valence-electron chi connectivity index (χ1n) is 11.4. The summed E-state index contributed by atoms with van der Waals surface area (Å²) in [6.45, 7) is 5.57. The quantitative estimate of drug-likeness (QED) is 0.578. The number of fused-ring (bicyclic) bond motifs is 2. The molecule has 2 saturated heterocycles. The maximum Gasteiger partial charge on any atom is 0.433 e. The molecular formula is C23H25F3N8O. The number of piperazine rings is 1. The number of rotatable bonds is 4. The number of carbonyl (C=O) groups excluding carboxylic acids is 1. The van der Waals surface area contributed by atoms with Gasteiger partial charge in [0.2, 0.25) is 5.91 Å². The lowest BCUT2D eigenvalue weighted by molar-refractivity contribution is -0.141. The maximum atomic E-state index is 13.2. The van der Waals surface area contributed by atoms with Crippen LogP contribution in [0.25, 0.3) is 10.9 Å². The third-order valence-electron chi connectivity index (χ3n) is 6.59. The lowest BCUT2D eigenvalue weighted by Gasteiger charge is -2.38. The molecule has 5 rings (SSSR count). The molecule has 0 saturated carbocycles. The second kappa shape index (κ2) is 8.51. The highest BCUT2D eigenvalue weighted by atomic mass is 19.4. The number of nitrogen functional groups attached to an aromatic ring is 1. The van der Waals surface area contributed by atoms with Crippen molar-refractivity contribution in [1.82, 2.24) is 25.1 Å². The highest BCUT2D eigenvalue weighted by Crippen LogP contribution is 2.33. The van der Waals surface area contributed by atoms with Gasteiger partial charge in [0.25, 0.3) is 0 Å². The first-order valence-corrected chi connectivity index (χ1v) is 11.4. The molecular weight excluding hydrogens is 461 g/mol. The molecule has 12 heteroatoms. The Balaban J connectivity index is 1.45. The first-order chi connectivity index (χ1) is 16.6. The molecule has 5 heterocycles. The van der Waals surface area contributed by atoms with Crippen molar-refractivity contribution in [2.75, 3.05) is 35.6 Å². The largest absolute Gasteiger partial charge is 0.433 e. The molecule has 2 aliphatic heterocycles. The molecule has 2 atom stereocenters. The fourth-order valence-corrected chi connectivity index (χ4v) is 4.75. The van der Waals surface area contributed by atoms with Gasteiger partial charge >= 0.3 is 6.18 Å². The SMILES string of the molecule is Cc1nnc(N[C@H](C)c2cc(N)cc(C(F)(F)F)n2)c2cc(N3CCN4C(=O)CC[C@@H]4C3)cnc12. The number of halogens is 3. The minimum atomic E-state index is -4.60. The fraction of sp³-hybridized carbons (Fsp3) is 0.435. The van der Waals surface area contributed by atoms with Crippen molar-refractivity contribution in [2.45, 2.75) is 44.9 Å². The molecule has 1 amide bonds. The van der Waals surface area contributed by atoms with E-state index in [0.29, 0.717) is 41.9 Å². The number of alkyl halides is 3. The Morgan fingerprint density at radius 3 is 2.77 bits per heavy atom. The zero-order valence-corrected chi connectivity index (χ0v) is 19.3. The summed E-state index contributed by atoms with van der Waals surface area (Å²) in [5.41, 5.74) is 6.95. The van der Waals surface area contributed by atoms with E-state index in [0.717, 1.165) is 24.7 Å². The van der Waals surface area contributed by atoms with Gasteiger partial charge in [-0.05, 0) is 38.5 Å². The van der Waals surface area contributed by atoms with E-state index in [1.807, 2.05) is 11.0 Å². The topological polar surface area (TPSA) is 113 Å². The van der Waals surface area contributed by atoms with Gasteiger partial charge in [0, 0.05) is 43.2 Å². The summed E-state index contributed by atoms with van der Waals surface area (Å²) in [6, 6.07) is 3.74. The van der Waals surface area contributed by atoms with Crippen molar-refractivity contribution in [2.24, 2.45) is 0 Å². The lowest BCUT2D eigenvalue weighted by atomic mass is 10.1. The third-order valence-corrected chi connectivity index (χ3v) is 6.59. The van der Waals surface area contributed by atoms with E-state index in [-0.39, 0.29) is 23.3 Å². The molecule has 0 unspecified atom stereocenters. The van der Waals surface area contributed by atoms with Crippen LogP contribution in [-0.4, -0.2) is 56.6 Å². The summed E-state index contributed by atoms with van der Waals surface area (Å²) >= 11 is 0. The number of pyridine rings is 2. The number of nitrogens with zero attached hydrogens (tertiary/aromatic N) is 6. The van der Waals surface area contributed by atoms with Crippen LogP contribution in [0.5, 0.6) is 0 Å². The van der Waals surface area contributed by atoms with E-state index in [4.69, 9.17) is 5.73 Å². The van der Waals surface area contributed by atoms with Crippen LogP contribution in [0.4, 0.5) is 30.4 Å². The summed E-state index contributed by atoms with van der Waals surface area (Å²) in [5.74, 6) is 0.599. The van der Waals surface area contributed by atoms with Crippen molar-refractivity contribution in [3.05, 3.63) is 41.5 Å². The van der Waals surface area contributed by atoms with Gasteiger partial charge < -0.3 is 20.9 Å². The highest BCUT2D eigenvalue weighted by Gasteiger charge is 2.36. The molecule has 2 fully saturated rings. The molecule has 0 aromatic carbocycles.